The minimum atomic E-state index is -3.97. The van der Waals surface area contributed by atoms with Crippen molar-refractivity contribution in [2.75, 3.05) is 28.0 Å². The molecule has 6 nitrogen and oxygen atoms in total. The lowest BCUT2D eigenvalue weighted by Gasteiger charge is -2.19. The number of aromatic nitrogens is 1. The standard InChI is InChI=1S/C21H20F2N4O2S/c22-19-8-6-16(12-20(19)23)26-30(28,29)18-7-9-21(24-13-18)27-11-10-17(14-27)25-15-4-2-1-3-5-15/h1-9,12-13,17,25-26H,10-11,14H2. The molecule has 0 radical (unpaired) electrons. The first kappa shape index (κ1) is 20.1. The third kappa shape index (κ3) is 4.51. The highest BCUT2D eigenvalue weighted by Crippen LogP contribution is 2.23. The molecule has 1 aliphatic rings. The summed E-state index contributed by atoms with van der Waals surface area (Å²) in [6.45, 7) is 1.55. The normalized spacial score (nSPS) is 16.5. The Hall–Kier alpha value is -3.20. The van der Waals surface area contributed by atoms with Gasteiger partial charge in [0, 0.05) is 37.1 Å². The van der Waals surface area contributed by atoms with E-state index in [-0.39, 0.29) is 16.6 Å². The number of anilines is 3. The summed E-state index contributed by atoms with van der Waals surface area (Å²) in [4.78, 5) is 6.31. The van der Waals surface area contributed by atoms with Crippen LogP contribution in [0.15, 0.2) is 71.8 Å². The third-order valence-corrected chi connectivity index (χ3v) is 6.23. The number of para-hydroxylation sites is 1. The maximum absolute atomic E-state index is 13.3. The summed E-state index contributed by atoms with van der Waals surface area (Å²) in [5.41, 5.74) is 0.995. The first-order chi connectivity index (χ1) is 14.4. The molecule has 0 aliphatic carbocycles. The topological polar surface area (TPSA) is 74.3 Å². The van der Waals surface area contributed by atoms with Crippen molar-refractivity contribution in [3.63, 3.8) is 0 Å². The lowest BCUT2D eigenvalue weighted by atomic mass is 10.2. The van der Waals surface area contributed by atoms with Crippen LogP contribution < -0.4 is 14.9 Å². The van der Waals surface area contributed by atoms with Crippen LogP contribution in [0, 0.1) is 11.6 Å². The SMILES string of the molecule is O=S(=O)(Nc1ccc(F)c(F)c1)c1ccc(N2CCC(Nc3ccccc3)C2)nc1. The monoisotopic (exact) mass is 430 g/mol. The van der Waals surface area contributed by atoms with E-state index in [0.29, 0.717) is 5.82 Å². The largest absolute Gasteiger partial charge is 0.380 e. The second-order valence-corrected chi connectivity index (χ2v) is 8.71. The van der Waals surface area contributed by atoms with Gasteiger partial charge in [-0.3, -0.25) is 4.72 Å². The van der Waals surface area contributed by atoms with Crippen LogP contribution in [0.3, 0.4) is 0 Å². The second-order valence-electron chi connectivity index (χ2n) is 7.03. The van der Waals surface area contributed by atoms with E-state index in [0.717, 1.165) is 43.4 Å². The maximum Gasteiger partial charge on any atom is 0.263 e. The number of nitrogens with one attached hydrogen (secondary N) is 2. The molecular formula is C21H20F2N4O2S. The number of hydrogen-bond donors (Lipinski definition) is 2. The Morgan fingerprint density at radius 1 is 0.967 bits per heavy atom. The Bertz CT molecular complexity index is 1130. The Kier molecular flexibility index (Phi) is 5.54. The molecule has 1 atom stereocenters. The summed E-state index contributed by atoms with van der Waals surface area (Å²) in [5, 5.41) is 3.48. The highest BCUT2D eigenvalue weighted by molar-refractivity contribution is 7.92. The molecule has 1 fully saturated rings. The third-order valence-electron chi connectivity index (χ3n) is 4.86. The number of halogens is 2. The molecule has 2 N–H and O–H groups in total. The van der Waals surface area contributed by atoms with Crippen LogP contribution in [0.25, 0.3) is 0 Å². The number of rotatable bonds is 6. The van der Waals surface area contributed by atoms with Gasteiger partial charge in [-0.1, -0.05) is 18.2 Å². The Balaban J connectivity index is 1.41. The van der Waals surface area contributed by atoms with Gasteiger partial charge in [0.25, 0.3) is 10.0 Å². The van der Waals surface area contributed by atoms with Crippen LogP contribution in [0.5, 0.6) is 0 Å². The van der Waals surface area contributed by atoms with Crippen LogP contribution >= 0.6 is 0 Å². The molecule has 2 heterocycles. The number of sulfonamides is 1. The smallest absolute Gasteiger partial charge is 0.263 e. The van der Waals surface area contributed by atoms with Gasteiger partial charge in [-0.05, 0) is 42.8 Å². The lowest BCUT2D eigenvalue weighted by Crippen LogP contribution is -2.26. The minimum absolute atomic E-state index is 0.0610. The highest BCUT2D eigenvalue weighted by atomic mass is 32.2. The van der Waals surface area contributed by atoms with Gasteiger partial charge >= 0.3 is 0 Å². The molecule has 1 aromatic heterocycles. The molecule has 1 unspecified atom stereocenters. The summed E-state index contributed by atoms with van der Waals surface area (Å²) in [5.74, 6) is -1.50. The van der Waals surface area contributed by atoms with Crippen molar-refractivity contribution >= 4 is 27.2 Å². The van der Waals surface area contributed by atoms with E-state index in [1.165, 1.54) is 12.3 Å². The van der Waals surface area contributed by atoms with E-state index < -0.39 is 21.7 Å². The van der Waals surface area contributed by atoms with Crippen molar-refractivity contribution in [3.05, 3.63) is 78.5 Å². The molecule has 0 spiro atoms. The van der Waals surface area contributed by atoms with E-state index >= 15 is 0 Å². The van der Waals surface area contributed by atoms with Crippen LogP contribution in [-0.4, -0.2) is 32.5 Å². The minimum Gasteiger partial charge on any atom is -0.380 e. The predicted molar refractivity (Wildman–Crippen MR) is 112 cm³/mol. The fraction of sp³-hybridized carbons (Fsp3) is 0.190. The van der Waals surface area contributed by atoms with E-state index in [1.807, 2.05) is 30.3 Å². The van der Waals surface area contributed by atoms with E-state index in [4.69, 9.17) is 0 Å². The first-order valence-electron chi connectivity index (χ1n) is 9.41. The predicted octanol–water partition coefficient (Wildman–Crippen LogP) is 3.85. The van der Waals surface area contributed by atoms with Gasteiger partial charge in [0.05, 0.1) is 5.69 Å². The lowest BCUT2D eigenvalue weighted by molar-refractivity contribution is 0.509. The first-order valence-corrected chi connectivity index (χ1v) is 10.9. The number of nitrogens with zero attached hydrogens (tertiary/aromatic N) is 2. The average molecular weight is 430 g/mol. The zero-order valence-corrected chi connectivity index (χ0v) is 16.7. The average Bonchev–Trinajstić information content (AvgIpc) is 3.20. The second kappa shape index (κ2) is 8.27. The van der Waals surface area contributed by atoms with Gasteiger partial charge in [-0.25, -0.2) is 22.2 Å². The molecule has 3 aromatic rings. The highest BCUT2D eigenvalue weighted by Gasteiger charge is 2.24. The van der Waals surface area contributed by atoms with Gasteiger partial charge in [0.15, 0.2) is 11.6 Å². The fourth-order valence-corrected chi connectivity index (χ4v) is 4.34. The molecule has 1 saturated heterocycles. The van der Waals surface area contributed by atoms with Crippen molar-refractivity contribution < 1.29 is 17.2 Å². The van der Waals surface area contributed by atoms with Gasteiger partial charge in [0.2, 0.25) is 0 Å². The number of hydrogen-bond acceptors (Lipinski definition) is 5. The van der Waals surface area contributed by atoms with Crippen LogP contribution in [0.4, 0.5) is 26.0 Å². The van der Waals surface area contributed by atoms with Crippen molar-refractivity contribution in [1.82, 2.24) is 4.98 Å². The van der Waals surface area contributed by atoms with Crippen molar-refractivity contribution in [2.24, 2.45) is 0 Å². The van der Waals surface area contributed by atoms with Crippen LogP contribution in [0.2, 0.25) is 0 Å². The molecule has 2 aromatic carbocycles. The Morgan fingerprint density at radius 3 is 2.47 bits per heavy atom. The number of benzene rings is 2. The molecule has 0 saturated carbocycles. The number of pyridine rings is 1. The van der Waals surface area contributed by atoms with Crippen molar-refractivity contribution in [1.29, 1.82) is 0 Å². The van der Waals surface area contributed by atoms with Crippen LogP contribution in [-0.2, 0) is 10.0 Å². The fourth-order valence-electron chi connectivity index (χ4n) is 3.35. The van der Waals surface area contributed by atoms with Gasteiger partial charge in [-0.15, -0.1) is 0 Å². The van der Waals surface area contributed by atoms with E-state index in [1.54, 1.807) is 6.07 Å². The van der Waals surface area contributed by atoms with Gasteiger partial charge < -0.3 is 10.2 Å². The Morgan fingerprint density at radius 2 is 1.77 bits per heavy atom. The van der Waals surface area contributed by atoms with Gasteiger partial charge in [-0.2, -0.15) is 0 Å². The van der Waals surface area contributed by atoms with E-state index in [9.17, 15) is 17.2 Å². The van der Waals surface area contributed by atoms with E-state index in [2.05, 4.69) is 19.9 Å². The molecule has 30 heavy (non-hydrogen) atoms. The summed E-state index contributed by atoms with van der Waals surface area (Å²) in [7, 11) is -3.97. The molecule has 9 heteroatoms. The summed E-state index contributed by atoms with van der Waals surface area (Å²) in [6.07, 6.45) is 2.20. The molecule has 156 valence electrons. The van der Waals surface area contributed by atoms with Gasteiger partial charge in [0.1, 0.15) is 10.7 Å². The Labute approximate surface area is 173 Å². The van der Waals surface area contributed by atoms with Crippen molar-refractivity contribution in [3.8, 4) is 0 Å². The summed E-state index contributed by atoms with van der Waals surface area (Å²) < 4.78 is 53.6. The molecule has 0 bridgehead atoms. The molecule has 1 aliphatic heterocycles. The molecular weight excluding hydrogens is 410 g/mol. The maximum atomic E-state index is 13.3. The van der Waals surface area contributed by atoms with Crippen molar-refractivity contribution in [2.45, 2.75) is 17.4 Å². The molecule has 4 rings (SSSR count). The molecule has 0 amide bonds. The summed E-state index contributed by atoms with van der Waals surface area (Å²) >= 11 is 0. The zero-order valence-electron chi connectivity index (χ0n) is 15.9. The van der Waals surface area contributed by atoms with Crippen LogP contribution in [0.1, 0.15) is 6.42 Å². The zero-order chi connectivity index (χ0) is 21.1. The quantitative estimate of drug-likeness (QED) is 0.621. The summed E-state index contributed by atoms with van der Waals surface area (Å²) in [6, 6.07) is 16.1.